The number of amides is 1. The summed E-state index contributed by atoms with van der Waals surface area (Å²) in [4.78, 5) is 27.0. The molecule has 7 heteroatoms. The highest BCUT2D eigenvalue weighted by atomic mass is 32.1. The molecule has 140 valence electrons. The van der Waals surface area contributed by atoms with Crippen LogP contribution >= 0.6 is 11.3 Å². The molecule has 26 heavy (non-hydrogen) atoms. The SMILES string of the molecule is NCC1(CC(=O)N2CCN(c3ncnc4sccc34)CC2)CCCCC1. The molecule has 0 unspecified atom stereocenters. The third-order valence-corrected chi connectivity index (χ3v) is 6.87. The molecule has 0 spiro atoms. The van der Waals surface area contributed by atoms with Gasteiger partial charge in [0.1, 0.15) is 17.0 Å². The maximum absolute atomic E-state index is 12.9. The Morgan fingerprint density at radius 3 is 2.65 bits per heavy atom. The van der Waals surface area contributed by atoms with Crippen LogP contribution in [0.3, 0.4) is 0 Å². The zero-order valence-corrected chi connectivity index (χ0v) is 16.0. The summed E-state index contributed by atoms with van der Waals surface area (Å²) in [7, 11) is 0. The number of carbonyl (C=O) groups is 1. The van der Waals surface area contributed by atoms with Crippen LogP contribution in [-0.4, -0.2) is 53.5 Å². The van der Waals surface area contributed by atoms with Crippen molar-refractivity contribution in [3.05, 3.63) is 17.8 Å². The zero-order valence-electron chi connectivity index (χ0n) is 15.2. The number of hydrogen-bond acceptors (Lipinski definition) is 6. The minimum absolute atomic E-state index is 0.0436. The number of anilines is 1. The van der Waals surface area contributed by atoms with Crippen LogP contribution in [0.2, 0.25) is 0 Å². The number of thiophene rings is 1. The Kier molecular flexibility index (Phi) is 5.09. The summed E-state index contributed by atoms with van der Waals surface area (Å²) in [6, 6.07) is 2.08. The van der Waals surface area contributed by atoms with Gasteiger partial charge in [0.15, 0.2) is 0 Å². The second-order valence-corrected chi connectivity index (χ2v) is 8.54. The fourth-order valence-electron chi connectivity index (χ4n) is 4.38. The van der Waals surface area contributed by atoms with Gasteiger partial charge in [0, 0.05) is 32.6 Å². The Morgan fingerprint density at radius 1 is 1.15 bits per heavy atom. The molecule has 2 aromatic rings. The number of rotatable bonds is 4. The van der Waals surface area contributed by atoms with E-state index >= 15 is 0 Å². The summed E-state index contributed by atoms with van der Waals surface area (Å²) in [5.41, 5.74) is 6.11. The minimum atomic E-state index is 0.0436. The number of nitrogens with two attached hydrogens (primary N) is 1. The van der Waals surface area contributed by atoms with E-state index < -0.39 is 0 Å². The third kappa shape index (κ3) is 3.42. The van der Waals surface area contributed by atoms with Crippen LogP contribution in [-0.2, 0) is 4.79 Å². The predicted molar refractivity (Wildman–Crippen MR) is 105 cm³/mol. The molecule has 1 aliphatic carbocycles. The molecular weight excluding hydrogens is 346 g/mol. The predicted octanol–water partition coefficient (Wildman–Crippen LogP) is 2.64. The summed E-state index contributed by atoms with van der Waals surface area (Å²) in [6.07, 6.45) is 8.17. The molecule has 1 saturated carbocycles. The van der Waals surface area contributed by atoms with Crippen molar-refractivity contribution >= 4 is 33.3 Å². The van der Waals surface area contributed by atoms with E-state index in [1.165, 1.54) is 19.3 Å². The summed E-state index contributed by atoms with van der Waals surface area (Å²) in [5, 5.41) is 3.17. The number of aromatic nitrogens is 2. The van der Waals surface area contributed by atoms with Crippen molar-refractivity contribution in [3.63, 3.8) is 0 Å². The van der Waals surface area contributed by atoms with Gasteiger partial charge in [-0.15, -0.1) is 11.3 Å². The second-order valence-electron chi connectivity index (χ2n) is 7.65. The lowest BCUT2D eigenvalue weighted by molar-refractivity contribution is -0.134. The summed E-state index contributed by atoms with van der Waals surface area (Å²) >= 11 is 1.64. The van der Waals surface area contributed by atoms with Gasteiger partial charge in [-0.2, -0.15) is 0 Å². The monoisotopic (exact) mass is 373 g/mol. The summed E-state index contributed by atoms with van der Waals surface area (Å²) < 4.78 is 0. The number of nitrogens with zero attached hydrogens (tertiary/aromatic N) is 4. The van der Waals surface area contributed by atoms with Gasteiger partial charge in [0.05, 0.1) is 5.39 Å². The number of carbonyl (C=O) groups excluding carboxylic acids is 1. The highest BCUT2D eigenvalue weighted by Crippen LogP contribution is 2.39. The van der Waals surface area contributed by atoms with E-state index in [4.69, 9.17) is 5.73 Å². The first-order valence-corrected chi connectivity index (χ1v) is 10.5. The molecule has 2 aromatic heterocycles. The third-order valence-electron chi connectivity index (χ3n) is 6.05. The molecule has 0 atom stereocenters. The largest absolute Gasteiger partial charge is 0.352 e. The average molecular weight is 374 g/mol. The van der Waals surface area contributed by atoms with Crippen molar-refractivity contribution in [1.82, 2.24) is 14.9 Å². The molecule has 0 aromatic carbocycles. The van der Waals surface area contributed by atoms with Crippen molar-refractivity contribution in [2.75, 3.05) is 37.6 Å². The molecule has 0 bridgehead atoms. The highest BCUT2D eigenvalue weighted by molar-refractivity contribution is 7.16. The zero-order chi connectivity index (χ0) is 18.0. The Morgan fingerprint density at radius 2 is 1.92 bits per heavy atom. The minimum Gasteiger partial charge on any atom is -0.352 e. The summed E-state index contributed by atoms with van der Waals surface area (Å²) in [5.74, 6) is 1.27. The maximum Gasteiger partial charge on any atom is 0.223 e. The fraction of sp³-hybridized carbons (Fsp3) is 0.632. The van der Waals surface area contributed by atoms with Gasteiger partial charge < -0.3 is 15.5 Å². The van der Waals surface area contributed by atoms with Crippen LogP contribution in [0.25, 0.3) is 10.2 Å². The van der Waals surface area contributed by atoms with Crippen molar-refractivity contribution in [2.24, 2.45) is 11.1 Å². The molecule has 0 radical (unpaired) electrons. The fourth-order valence-corrected chi connectivity index (χ4v) is 5.11. The van der Waals surface area contributed by atoms with Crippen LogP contribution in [0, 0.1) is 5.41 Å². The Labute approximate surface area is 158 Å². The second kappa shape index (κ2) is 7.48. The van der Waals surface area contributed by atoms with Gasteiger partial charge in [0.2, 0.25) is 5.91 Å². The number of hydrogen-bond donors (Lipinski definition) is 1. The number of fused-ring (bicyclic) bond motifs is 1. The standard InChI is InChI=1S/C19H27N5OS/c20-13-19(5-2-1-3-6-19)12-16(25)23-7-9-24(10-8-23)17-15-4-11-26-18(15)22-14-21-17/h4,11,14H,1-3,5-10,12-13,20H2. The Balaban J connectivity index is 1.39. The quantitative estimate of drug-likeness (QED) is 0.892. The van der Waals surface area contributed by atoms with Gasteiger partial charge in [-0.1, -0.05) is 19.3 Å². The average Bonchev–Trinajstić information content (AvgIpc) is 3.18. The van der Waals surface area contributed by atoms with Gasteiger partial charge in [-0.05, 0) is 36.2 Å². The molecule has 2 N–H and O–H groups in total. The Bertz CT molecular complexity index is 762. The first-order valence-electron chi connectivity index (χ1n) is 9.62. The number of piperazine rings is 1. The van der Waals surface area contributed by atoms with Gasteiger partial charge in [-0.3, -0.25) is 4.79 Å². The van der Waals surface area contributed by atoms with E-state index in [9.17, 15) is 4.79 Å². The van der Waals surface area contributed by atoms with Gasteiger partial charge in [0.25, 0.3) is 0 Å². The molecule has 1 amide bonds. The lowest BCUT2D eigenvalue weighted by Gasteiger charge is -2.40. The van der Waals surface area contributed by atoms with E-state index in [2.05, 4.69) is 26.3 Å². The first kappa shape index (κ1) is 17.7. The van der Waals surface area contributed by atoms with Gasteiger partial charge >= 0.3 is 0 Å². The van der Waals surface area contributed by atoms with E-state index in [0.717, 1.165) is 55.1 Å². The van der Waals surface area contributed by atoms with Crippen molar-refractivity contribution in [1.29, 1.82) is 0 Å². The molecular formula is C19H27N5OS. The molecule has 4 rings (SSSR count). The van der Waals surface area contributed by atoms with Crippen LogP contribution < -0.4 is 10.6 Å². The van der Waals surface area contributed by atoms with E-state index in [1.54, 1.807) is 17.7 Å². The van der Waals surface area contributed by atoms with Crippen molar-refractivity contribution in [3.8, 4) is 0 Å². The van der Waals surface area contributed by atoms with Crippen molar-refractivity contribution < 1.29 is 4.79 Å². The van der Waals surface area contributed by atoms with Crippen LogP contribution in [0.15, 0.2) is 17.8 Å². The van der Waals surface area contributed by atoms with Crippen LogP contribution in [0.4, 0.5) is 5.82 Å². The lowest BCUT2D eigenvalue weighted by atomic mass is 9.71. The molecule has 2 fully saturated rings. The molecule has 2 aliphatic rings. The molecule has 6 nitrogen and oxygen atoms in total. The van der Waals surface area contributed by atoms with E-state index in [1.807, 2.05) is 4.90 Å². The Hall–Kier alpha value is -1.73. The highest BCUT2D eigenvalue weighted by Gasteiger charge is 2.35. The van der Waals surface area contributed by atoms with Crippen molar-refractivity contribution in [2.45, 2.75) is 38.5 Å². The van der Waals surface area contributed by atoms with Crippen LogP contribution in [0.1, 0.15) is 38.5 Å². The molecule has 1 aliphatic heterocycles. The maximum atomic E-state index is 12.9. The van der Waals surface area contributed by atoms with E-state index in [-0.39, 0.29) is 11.3 Å². The smallest absolute Gasteiger partial charge is 0.223 e. The topological polar surface area (TPSA) is 75.4 Å². The lowest BCUT2D eigenvalue weighted by Crippen LogP contribution is -2.50. The normalized spacial score (nSPS) is 20.5. The van der Waals surface area contributed by atoms with Gasteiger partial charge in [-0.25, -0.2) is 9.97 Å². The summed E-state index contributed by atoms with van der Waals surface area (Å²) in [6.45, 7) is 3.80. The molecule has 1 saturated heterocycles. The first-order chi connectivity index (χ1) is 12.7. The molecule has 3 heterocycles. The van der Waals surface area contributed by atoms with Crippen LogP contribution in [0.5, 0.6) is 0 Å². The van der Waals surface area contributed by atoms with E-state index in [0.29, 0.717) is 13.0 Å².